The summed E-state index contributed by atoms with van der Waals surface area (Å²) in [7, 11) is 0. The molecule has 0 aliphatic carbocycles. The molecule has 4 nitrogen and oxygen atoms in total. The molecule has 0 fully saturated rings. The Bertz CT molecular complexity index is 1080. The minimum absolute atomic E-state index is 0. The molecule has 3 aromatic rings. The smallest absolute Gasteiger partial charge is 1.00 e. The summed E-state index contributed by atoms with van der Waals surface area (Å²) in [6.45, 7) is 0. The fraction of sp³-hybridized carbons (Fsp3) is 0.0500. The molecule has 1 aliphatic heterocycles. The van der Waals surface area contributed by atoms with Crippen LogP contribution in [0.2, 0.25) is 0 Å². The molecule has 4 rings (SSSR count). The zero-order chi connectivity index (χ0) is 20.2. The van der Waals surface area contributed by atoms with Gasteiger partial charge in [0.1, 0.15) is 11.5 Å². The van der Waals surface area contributed by atoms with Gasteiger partial charge in [0, 0.05) is 34.6 Å². The molecule has 0 atom stereocenters. The molecule has 3 aromatic carbocycles. The van der Waals surface area contributed by atoms with E-state index in [1.54, 1.807) is 48.5 Å². The van der Waals surface area contributed by atoms with E-state index < -0.39 is 11.6 Å². The van der Waals surface area contributed by atoms with Gasteiger partial charge >= 0.3 is 57.4 Å². The summed E-state index contributed by atoms with van der Waals surface area (Å²) in [6.07, 6.45) is 0. The van der Waals surface area contributed by atoms with Crippen molar-refractivity contribution in [1.29, 1.82) is 0 Å². The normalized spacial score (nSPS) is 14.1. The van der Waals surface area contributed by atoms with Crippen molar-refractivity contribution in [3.63, 3.8) is 0 Å². The maximum Gasteiger partial charge on any atom is 1.00 e. The first kappa shape index (κ1) is 23.9. The van der Waals surface area contributed by atoms with Gasteiger partial charge in [-0.15, -0.1) is 0 Å². The fourth-order valence-corrected chi connectivity index (χ4v) is 5.92. The molecular weight excluding hydrogens is 663 g/mol. The van der Waals surface area contributed by atoms with E-state index in [-0.39, 0.29) is 64.3 Å². The Kier molecular flexibility index (Phi) is 7.46. The molecule has 0 aromatic heterocycles. The number of carbonyl (C=O) groups excluding carboxylic acids is 1. The number of phenolic OH excluding ortho intramolecular Hbond substituents is 2. The van der Waals surface area contributed by atoms with Crippen LogP contribution in [0.4, 0.5) is 0 Å². The van der Waals surface area contributed by atoms with Gasteiger partial charge in [-0.25, -0.2) is 4.79 Å². The van der Waals surface area contributed by atoms with Gasteiger partial charge in [0.15, 0.2) is 5.60 Å². The summed E-state index contributed by atoms with van der Waals surface area (Å²) in [5.74, 6) is -0.283. The number of hydrogen-bond acceptors (Lipinski definition) is 4. The van der Waals surface area contributed by atoms with Crippen LogP contribution in [0.25, 0.3) is 0 Å². The van der Waals surface area contributed by atoms with E-state index in [4.69, 9.17) is 4.74 Å². The molecule has 0 radical (unpaired) electrons. The summed E-state index contributed by atoms with van der Waals surface area (Å²) in [4.78, 5) is 13.0. The standard InChI is InChI=1S/C20H10Br4O4.K.H/c21-15-13-14(16(22)18(24)17(15)23)20(28-19(13)27,9-1-5-11(25)6-2-9)10-3-7-12(26)8-4-10;;/h1-8,25-26H;;/q;+1;-1. The second-order valence-corrected chi connectivity index (χ2v) is 9.34. The van der Waals surface area contributed by atoms with Crippen LogP contribution in [0.1, 0.15) is 28.5 Å². The van der Waals surface area contributed by atoms with Gasteiger partial charge in [-0.3, -0.25) is 0 Å². The van der Waals surface area contributed by atoms with Crippen LogP contribution in [0.15, 0.2) is 66.4 Å². The van der Waals surface area contributed by atoms with Crippen molar-refractivity contribution in [1.82, 2.24) is 0 Å². The summed E-state index contributed by atoms with van der Waals surface area (Å²) >= 11 is 14.1. The summed E-state index contributed by atoms with van der Waals surface area (Å²) in [5, 5.41) is 19.5. The van der Waals surface area contributed by atoms with Crippen molar-refractivity contribution in [2.75, 3.05) is 0 Å². The van der Waals surface area contributed by atoms with Crippen molar-refractivity contribution < 1.29 is 72.6 Å². The largest absolute Gasteiger partial charge is 1.00 e. The number of hydrogen-bond donors (Lipinski definition) is 2. The van der Waals surface area contributed by atoms with Gasteiger partial charge in [0.2, 0.25) is 0 Å². The van der Waals surface area contributed by atoms with Gasteiger partial charge in [-0.05, 0) is 88.0 Å². The third-order valence-electron chi connectivity index (χ3n) is 4.62. The summed E-state index contributed by atoms with van der Waals surface area (Å²) in [5.41, 5.74) is 1.06. The molecule has 0 spiro atoms. The van der Waals surface area contributed by atoms with Crippen LogP contribution in [0.5, 0.6) is 11.5 Å². The number of benzene rings is 3. The van der Waals surface area contributed by atoms with Crippen LogP contribution < -0.4 is 51.4 Å². The van der Waals surface area contributed by atoms with Gasteiger partial charge in [0.05, 0.1) is 5.56 Å². The fourth-order valence-electron chi connectivity index (χ4n) is 3.36. The first-order valence-corrected chi connectivity index (χ1v) is 11.1. The second-order valence-electron chi connectivity index (χ2n) is 6.17. The average molecular weight is 674 g/mol. The van der Waals surface area contributed by atoms with Crippen molar-refractivity contribution in [2.45, 2.75) is 5.60 Å². The van der Waals surface area contributed by atoms with Crippen LogP contribution in [-0.2, 0) is 10.3 Å². The Morgan fingerprint density at radius 2 is 1.14 bits per heavy atom. The summed E-state index contributed by atoms with van der Waals surface area (Å²) in [6, 6.07) is 13.0. The number of fused-ring (bicyclic) bond motifs is 1. The number of cyclic esters (lactones) is 1. The van der Waals surface area contributed by atoms with Crippen LogP contribution in [0.3, 0.4) is 0 Å². The molecule has 9 heteroatoms. The number of esters is 1. The number of carbonyl (C=O) groups is 1. The molecule has 0 unspecified atom stereocenters. The Labute approximate surface area is 244 Å². The minimum atomic E-state index is -1.27. The van der Waals surface area contributed by atoms with Gasteiger partial charge in [-0.1, -0.05) is 24.3 Å². The van der Waals surface area contributed by atoms with Crippen molar-refractivity contribution in [3.8, 4) is 11.5 Å². The summed E-state index contributed by atoms with van der Waals surface area (Å²) < 4.78 is 8.67. The van der Waals surface area contributed by atoms with Gasteiger partial charge in [0.25, 0.3) is 0 Å². The Morgan fingerprint density at radius 1 is 0.724 bits per heavy atom. The van der Waals surface area contributed by atoms with E-state index >= 15 is 0 Å². The van der Waals surface area contributed by atoms with Crippen LogP contribution in [-0.4, -0.2) is 16.2 Å². The van der Waals surface area contributed by atoms with E-state index in [1.807, 2.05) is 0 Å². The van der Waals surface area contributed by atoms with E-state index in [0.29, 0.717) is 35.7 Å². The topological polar surface area (TPSA) is 66.8 Å². The van der Waals surface area contributed by atoms with Crippen LogP contribution in [0, 0.1) is 0 Å². The number of phenols is 2. The Morgan fingerprint density at radius 3 is 1.59 bits per heavy atom. The molecule has 2 N–H and O–H groups in total. The Hall–Kier alpha value is 0.286. The first-order chi connectivity index (χ1) is 13.3. The zero-order valence-corrected chi connectivity index (χ0v) is 24.3. The molecular formula is C20H11Br4KO4. The van der Waals surface area contributed by atoms with E-state index in [2.05, 4.69) is 63.7 Å². The predicted molar refractivity (Wildman–Crippen MR) is 120 cm³/mol. The number of ether oxygens (including phenoxy) is 1. The third kappa shape index (κ3) is 3.85. The van der Waals surface area contributed by atoms with E-state index in [1.165, 1.54) is 0 Å². The Balaban J connectivity index is 0.00000160. The molecule has 0 saturated heterocycles. The average Bonchev–Trinajstić information content (AvgIpc) is 3.00. The molecule has 0 bridgehead atoms. The predicted octanol–water partition coefficient (Wildman–Crippen LogP) is 3.73. The maximum atomic E-state index is 13.0. The quantitative estimate of drug-likeness (QED) is 0.189. The van der Waals surface area contributed by atoms with Crippen molar-refractivity contribution in [2.24, 2.45) is 0 Å². The van der Waals surface area contributed by atoms with Gasteiger partial charge < -0.3 is 16.4 Å². The minimum Gasteiger partial charge on any atom is -1.00 e. The second kappa shape index (κ2) is 9.03. The van der Waals surface area contributed by atoms with E-state index in [9.17, 15) is 15.0 Å². The zero-order valence-electron chi connectivity index (χ0n) is 15.8. The molecule has 1 aliphatic rings. The number of halogens is 4. The monoisotopic (exact) mass is 670 g/mol. The third-order valence-corrected chi connectivity index (χ3v) is 9.38. The molecule has 144 valence electrons. The van der Waals surface area contributed by atoms with E-state index in [0.717, 1.165) is 4.47 Å². The molecule has 29 heavy (non-hydrogen) atoms. The van der Waals surface area contributed by atoms with Crippen molar-refractivity contribution in [3.05, 3.63) is 88.7 Å². The SMILES string of the molecule is O=C1OC(c2ccc(O)cc2)(c2ccc(O)cc2)c2c(Br)c(Br)c(Br)c(Br)c21.[H-].[K+]. The molecule has 0 amide bonds. The first-order valence-electron chi connectivity index (χ1n) is 7.96. The molecule has 1 heterocycles. The maximum absolute atomic E-state index is 13.0. The number of rotatable bonds is 2. The van der Waals surface area contributed by atoms with Gasteiger partial charge in [-0.2, -0.15) is 0 Å². The van der Waals surface area contributed by atoms with Crippen LogP contribution >= 0.6 is 63.7 Å². The molecule has 0 saturated carbocycles. The van der Waals surface area contributed by atoms with Crippen molar-refractivity contribution >= 4 is 69.7 Å². The number of aromatic hydroxyl groups is 2.